The zero-order valence-electron chi connectivity index (χ0n) is 14.6. The predicted molar refractivity (Wildman–Crippen MR) is 95.7 cm³/mol. The number of ether oxygens (including phenoxy) is 1. The molecule has 0 atom stereocenters. The van der Waals surface area contributed by atoms with E-state index in [1.54, 1.807) is 12.4 Å². The molecule has 25 heavy (non-hydrogen) atoms. The molecular weight excluding hydrogens is 316 g/mol. The summed E-state index contributed by atoms with van der Waals surface area (Å²) in [6, 6.07) is 3.94. The smallest absolute Gasteiger partial charge is 0.235 e. The van der Waals surface area contributed by atoms with Gasteiger partial charge in [-0.2, -0.15) is 0 Å². The third-order valence-corrected chi connectivity index (χ3v) is 4.79. The largest absolute Gasteiger partial charge is 0.476 e. The Hall–Kier alpha value is -2.70. The highest BCUT2D eigenvalue weighted by atomic mass is 16.5. The van der Waals surface area contributed by atoms with Gasteiger partial charge in [-0.15, -0.1) is 0 Å². The molecule has 3 aromatic heterocycles. The fraction of sp³-hybridized carbons (Fsp3) is 0.444. The maximum Gasteiger partial charge on any atom is 0.235 e. The van der Waals surface area contributed by atoms with E-state index in [0.717, 1.165) is 48.7 Å². The Balaban J connectivity index is 1.38. The molecule has 0 amide bonds. The second-order valence-electron chi connectivity index (χ2n) is 6.51. The number of fused-ring (bicyclic) bond motifs is 1. The number of aromatic nitrogens is 5. The molecule has 3 aromatic rings. The van der Waals surface area contributed by atoms with Gasteiger partial charge < -0.3 is 9.64 Å². The zero-order chi connectivity index (χ0) is 17.2. The number of anilines is 1. The van der Waals surface area contributed by atoms with Gasteiger partial charge in [0.15, 0.2) is 5.65 Å². The fourth-order valence-electron chi connectivity index (χ4n) is 3.33. The van der Waals surface area contributed by atoms with Crippen LogP contribution in [0.15, 0.2) is 30.7 Å². The second kappa shape index (κ2) is 6.66. The number of rotatable bonds is 4. The van der Waals surface area contributed by atoms with E-state index in [0.29, 0.717) is 18.4 Å². The summed E-state index contributed by atoms with van der Waals surface area (Å²) in [5.41, 5.74) is 2.72. The molecule has 7 nitrogen and oxygen atoms in total. The normalized spacial score (nSPS) is 15.7. The molecule has 1 fully saturated rings. The summed E-state index contributed by atoms with van der Waals surface area (Å²) >= 11 is 0. The number of hydrogen-bond donors (Lipinski definition) is 0. The third-order valence-electron chi connectivity index (χ3n) is 4.79. The van der Waals surface area contributed by atoms with E-state index in [1.807, 2.05) is 32.3 Å². The molecule has 0 aliphatic carbocycles. The van der Waals surface area contributed by atoms with Crippen molar-refractivity contribution in [2.24, 2.45) is 13.0 Å². The third kappa shape index (κ3) is 3.14. The number of hydrogen-bond acceptors (Lipinski definition) is 6. The highest BCUT2D eigenvalue weighted by Crippen LogP contribution is 2.25. The van der Waals surface area contributed by atoms with Crippen molar-refractivity contribution < 1.29 is 4.74 Å². The molecule has 0 radical (unpaired) electrons. The van der Waals surface area contributed by atoms with Gasteiger partial charge in [-0.05, 0) is 37.8 Å². The lowest BCUT2D eigenvalue weighted by Crippen LogP contribution is -2.37. The summed E-state index contributed by atoms with van der Waals surface area (Å²) in [6.07, 6.45) is 7.33. The van der Waals surface area contributed by atoms with Crippen molar-refractivity contribution in [2.45, 2.75) is 19.8 Å². The molecule has 1 saturated heterocycles. The predicted octanol–water partition coefficient (Wildman–Crippen LogP) is 2.36. The Morgan fingerprint density at radius 1 is 1.12 bits per heavy atom. The van der Waals surface area contributed by atoms with Crippen molar-refractivity contribution in [3.63, 3.8) is 0 Å². The van der Waals surface area contributed by atoms with Crippen LogP contribution in [0.5, 0.6) is 5.88 Å². The van der Waals surface area contributed by atoms with E-state index < -0.39 is 0 Å². The summed E-state index contributed by atoms with van der Waals surface area (Å²) in [7, 11) is 2.03. The molecule has 0 N–H and O–H groups in total. The molecule has 1 aliphatic heterocycles. The van der Waals surface area contributed by atoms with E-state index >= 15 is 0 Å². The quantitative estimate of drug-likeness (QED) is 0.727. The topological polar surface area (TPSA) is 69.0 Å². The van der Waals surface area contributed by atoms with Crippen LogP contribution in [0.1, 0.15) is 18.5 Å². The molecular formula is C18H22N6O. The van der Waals surface area contributed by atoms with Crippen molar-refractivity contribution >= 4 is 17.1 Å². The first-order valence-electron chi connectivity index (χ1n) is 8.65. The minimum Gasteiger partial charge on any atom is -0.476 e. The summed E-state index contributed by atoms with van der Waals surface area (Å²) in [5, 5.41) is 0. The highest BCUT2D eigenvalue weighted by molar-refractivity contribution is 5.74. The average Bonchev–Trinajstić information content (AvgIpc) is 2.99. The first-order valence-corrected chi connectivity index (χ1v) is 8.65. The molecule has 1 aliphatic rings. The van der Waals surface area contributed by atoms with Crippen molar-refractivity contribution in [3.05, 3.63) is 36.4 Å². The SMILES string of the molecule is Cc1nccnc1OCC1CCN(c2nc3cccnc3n2C)CC1. The standard InChI is InChI=1S/C18H22N6O/c1-13-17(21-9-8-19-13)25-12-14-5-10-24(11-6-14)18-22-15-4-3-7-20-16(15)23(18)2/h3-4,7-9,14H,5-6,10-12H2,1-2H3. The summed E-state index contributed by atoms with van der Waals surface area (Å²) in [4.78, 5) is 20.0. The van der Waals surface area contributed by atoms with E-state index in [9.17, 15) is 0 Å². The van der Waals surface area contributed by atoms with Crippen molar-refractivity contribution in [2.75, 3.05) is 24.6 Å². The minimum atomic E-state index is 0.533. The van der Waals surface area contributed by atoms with E-state index in [4.69, 9.17) is 9.72 Å². The number of piperidine rings is 1. The summed E-state index contributed by atoms with van der Waals surface area (Å²) in [6.45, 7) is 4.57. The minimum absolute atomic E-state index is 0.533. The lowest BCUT2D eigenvalue weighted by Gasteiger charge is -2.32. The van der Waals surface area contributed by atoms with Crippen molar-refractivity contribution in [1.29, 1.82) is 0 Å². The number of nitrogens with zero attached hydrogens (tertiary/aromatic N) is 6. The highest BCUT2D eigenvalue weighted by Gasteiger charge is 2.23. The first-order chi connectivity index (χ1) is 12.2. The number of pyridine rings is 1. The van der Waals surface area contributed by atoms with Crippen LogP contribution in [-0.2, 0) is 7.05 Å². The van der Waals surface area contributed by atoms with Gasteiger partial charge in [-0.25, -0.2) is 15.0 Å². The lowest BCUT2D eigenvalue weighted by atomic mass is 9.98. The Bertz CT molecular complexity index is 869. The first kappa shape index (κ1) is 15.8. The van der Waals surface area contributed by atoms with Gasteiger partial charge in [-0.3, -0.25) is 9.55 Å². The van der Waals surface area contributed by atoms with Crippen LogP contribution in [0.2, 0.25) is 0 Å². The average molecular weight is 338 g/mol. The molecule has 4 heterocycles. The zero-order valence-corrected chi connectivity index (χ0v) is 14.6. The van der Waals surface area contributed by atoms with Crippen LogP contribution < -0.4 is 9.64 Å². The maximum atomic E-state index is 5.87. The number of aryl methyl sites for hydroxylation is 2. The van der Waals surface area contributed by atoms with Gasteiger partial charge >= 0.3 is 0 Å². The van der Waals surface area contributed by atoms with Crippen molar-refractivity contribution in [3.8, 4) is 5.88 Å². The molecule has 130 valence electrons. The van der Waals surface area contributed by atoms with E-state index in [1.165, 1.54) is 0 Å². The Kier molecular flexibility index (Phi) is 4.21. The van der Waals surface area contributed by atoms with E-state index in [-0.39, 0.29) is 0 Å². The Morgan fingerprint density at radius 3 is 2.68 bits per heavy atom. The number of imidazole rings is 1. The van der Waals surface area contributed by atoms with Crippen LogP contribution in [-0.4, -0.2) is 44.2 Å². The van der Waals surface area contributed by atoms with E-state index in [2.05, 4.69) is 24.4 Å². The van der Waals surface area contributed by atoms with Crippen LogP contribution in [0.25, 0.3) is 11.2 Å². The maximum absolute atomic E-state index is 5.87. The van der Waals surface area contributed by atoms with Gasteiger partial charge in [0.1, 0.15) is 5.52 Å². The molecule has 0 spiro atoms. The van der Waals surface area contributed by atoms with Crippen molar-refractivity contribution in [1.82, 2.24) is 24.5 Å². The molecule has 7 heteroatoms. The monoisotopic (exact) mass is 338 g/mol. The summed E-state index contributed by atoms with van der Waals surface area (Å²) in [5.74, 6) is 2.18. The van der Waals surface area contributed by atoms with Crippen LogP contribution in [0.3, 0.4) is 0 Å². The Morgan fingerprint density at radius 2 is 1.92 bits per heavy atom. The lowest BCUT2D eigenvalue weighted by molar-refractivity contribution is 0.213. The van der Waals surface area contributed by atoms with Gasteiger partial charge in [0.25, 0.3) is 0 Å². The van der Waals surface area contributed by atoms with Gasteiger partial charge in [0, 0.05) is 38.7 Å². The Labute approximate surface area is 146 Å². The molecule has 4 rings (SSSR count). The van der Waals surface area contributed by atoms with Crippen LogP contribution in [0, 0.1) is 12.8 Å². The molecule has 0 bridgehead atoms. The fourth-order valence-corrected chi connectivity index (χ4v) is 3.33. The molecule has 0 unspecified atom stereocenters. The van der Waals surface area contributed by atoms with Gasteiger partial charge in [0.05, 0.1) is 12.3 Å². The molecule has 0 aromatic carbocycles. The second-order valence-corrected chi connectivity index (χ2v) is 6.51. The van der Waals surface area contributed by atoms with Crippen LogP contribution in [0.4, 0.5) is 5.95 Å². The summed E-state index contributed by atoms with van der Waals surface area (Å²) < 4.78 is 7.94. The van der Waals surface area contributed by atoms with Crippen LogP contribution >= 0.6 is 0 Å². The van der Waals surface area contributed by atoms with Gasteiger partial charge in [-0.1, -0.05) is 0 Å². The van der Waals surface area contributed by atoms with Gasteiger partial charge in [0.2, 0.25) is 11.8 Å². The molecule has 0 saturated carbocycles.